The fourth-order valence-corrected chi connectivity index (χ4v) is 3.05. The average Bonchev–Trinajstić information content (AvgIpc) is 2.52. The molecular formula is C20H20O2. The third kappa shape index (κ3) is 2.50. The van der Waals surface area contributed by atoms with Crippen molar-refractivity contribution in [1.29, 1.82) is 0 Å². The van der Waals surface area contributed by atoms with Crippen LogP contribution < -0.4 is 0 Å². The third-order valence-electron chi connectivity index (χ3n) is 4.31. The summed E-state index contributed by atoms with van der Waals surface area (Å²) < 4.78 is 0. The van der Waals surface area contributed by atoms with Gasteiger partial charge in [-0.3, -0.25) is 9.59 Å². The zero-order chi connectivity index (χ0) is 15.7. The summed E-state index contributed by atoms with van der Waals surface area (Å²) in [6, 6.07) is 11.2. The first-order chi connectivity index (χ1) is 10.6. The maximum absolute atomic E-state index is 12.7. The molecule has 2 aromatic rings. The summed E-state index contributed by atoms with van der Waals surface area (Å²) in [5.41, 5.74) is 4.33. The lowest BCUT2D eigenvalue weighted by atomic mass is 9.82. The Balaban J connectivity index is 2.01. The van der Waals surface area contributed by atoms with Crippen molar-refractivity contribution in [1.82, 2.24) is 0 Å². The van der Waals surface area contributed by atoms with Gasteiger partial charge in [0.1, 0.15) is 0 Å². The molecule has 0 fully saturated rings. The molecule has 1 aliphatic rings. The van der Waals surface area contributed by atoms with Crippen molar-refractivity contribution in [3.05, 3.63) is 69.8 Å². The third-order valence-corrected chi connectivity index (χ3v) is 4.31. The van der Waals surface area contributed by atoms with Gasteiger partial charge >= 0.3 is 0 Å². The molecule has 0 spiro atoms. The molecule has 0 amide bonds. The standard InChI is InChI=1S/C20H20O2/c1-3-4-5-6-14-8-10-16-18(12-14)20(22)17-11-13(2)7-9-15(17)19(16)21/h7-12H,3-6H2,1-2H3. The summed E-state index contributed by atoms with van der Waals surface area (Å²) in [5, 5.41) is 0. The van der Waals surface area contributed by atoms with Crippen LogP contribution in [0.25, 0.3) is 0 Å². The van der Waals surface area contributed by atoms with Gasteiger partial charge in [-0.1, -0.05) is 49.6 Å². The first-order valence-corrected chi connectivity index (χ1v) is 7.94. The van der Waals surface area contributed by atoms with E-state index in [2.05, 4.69) is 6.92 Å². The number of fused-ring (bicyclic) bond motifs is 2. The Morgan fingerprint density at radius 2 is 1.41 bits per heavy atom. The SMILES string of the molecule is CCCCCc1ccc2c(c1)C(=O)c1cc(C)ccc1C2=O. The minimum atomic E-state index is -0.0373. The van der Waals surface area contributed by atoms with Crippen LogP contribution in [0.2, 0.25) is 0 Å². The summed E-state index contributed by atoms with van der Waals surface area (Å²) in [6.07, 6.45) is 4.44. The molecule has 2 heteroatoms. The van der Waals surface area contributed by atoms with E-state index in [1.165, 1.54) is 12.8 Å². The molecule has 0 radical (unpaired) electrons. The van der Waals surface area contributed by atoms with E-state index in [1.807, 2.05) is 37.3 Å². The van der Waals surface area contributed by atoms with E-state index in [0.717, 1.165) is 24.0 Å². The average molecular weight is 292 g/mol. The normalized spacial score (nSPS) is 13.0. The van der Waals surface area contributed by atoms with Crippen molar-refractivity contribution in [2.75, 3.05) is 0 Å². The Morgan fingerprint density at radius 3 is 2.14 bits per heavy atom. The molecule has 0 saturated heterocycles. The van der Waals surface area contributed by atoms with E-state index in [4.69, 9.17) is 0 Å². The van der Waals surface area contributed by atoms with Crippen molar-refractivity contribution in [3.8, 4) is 0 Å². The van der Waals surface area contributed by atoms with Crippen LogP contribution in [-0.2, 0) is 6.42 Å². The van der Waals surface area contributed by atoms with Gasteiger partial charge in [-0.2, -0.15) is 0 Å². The van der Waals surface area contributed by atoms with Crippen LogP contribution in [0.1, 0.15) is 69.2 Å². The molecule has 0 saturated carbocycles. The van der Waals surface area contributed by atoms with Gasteiger partial charge in [-0.15, -0.1) is 0 Å². The van der Waals surface area contributed by atoms with Gasteiger partial charge in [-0.05, 0) is 37.5 Å². The Bertz CT molecular complexity index is 756. The van der Waals surface area contributed by atoms with Gasteiger partial charge in [0.25, 0.3) is 0 Å². The first-order valence-electron chi connectivity index (χ1n) is 7.94. The number of carbonyl (C=O) groups is 2. The van der Waals surface area contributed by atoms with E-state index in [-0.39, 0.29) is 11.6 Å². The Morgan fingerprint density at radius 1 is 0.773 bits per heavy atom. The molecule has 0 aromatic heterocycles. The molecule has 3 rings (SSSR count). The number of rotatable bonds is 4. The monoisotopic (exact) mass is 292 g/mol. The number of hydrogen-bond acceptors (Lipinski definition) is 2. The fourth-order valence-electron chi connectivity index (χ4n) is 3.05. The molecule has 0 atom stereocenters. The van der Waals surface area contributed by atoms with Crippen LogP contribution in [0.4, 0.5) is 0 Å². The van der Waals surface area contributed by atoms with E-state index < -0.39 is 0 Å². The summed E-state index contributed by atoms with van der Waals surface area (Å²) in [5.74, 6) is -0.0599. The first kappa shape index (κ1) is 14.7. The lowest BCUT2D eigenvalue weighted by Gasteiger charge is -2.18. The van der Waals surface area contributed by atoms with E-state index in [9.17, 15) is 9.59 Å². The van der Waals surface area contributed by atoms with Crippen LogP contribution in [0, 0.1) is 6.92 Å². The molecule has 0 bridgehead atoms. The number of hydrogen-bond donors (Lipinski definition) is 0. The smallest absolute Gasteiger partial charge is 0.194 e. The van der Waals surface area contributed by atoms with Crippen LogP contribution >= 0.6 is 0 Å². The Labute approximate surface area is 131 Å². The molecular weight excluding hydrogens is 272 g/mol. The maximum Gasteiger partial charge on any atom is 0.194 e. The highest BCUT2D eigenvalue weighted by molar-refractivity contribution is 6.28. The quantitative estimate of drug-likeness (QED) is 0.663. The summed E-state index contributed by atoms with van der Waals surface area (Å²) in [4.78, 5) is 25.3. The van der Waals surface area contributed by atoms with E-state index in [1.54, 1.807) is 6.07 Å². The highest BCUT2D eigenvalue weighted by atomic mass is 16.1. The predicted octanol–water partition coefficient (Wildman–Crippen LogP) is 4.50. The molecule has 112 valence electrons. The number of aryl methyl sites for hydroxylation is 2. The van der Waals surface area contributed by atoms with E-state index >= 15 is 0 Å². The Hall–Kier alpha value is -2.22. The minimum Gasteiger partial charge on any atom is -0.289 e. The highest BCUT2D eigenvalue weighted by Crippen LogP contribution is 2.29. The zero-order valence-corrected chi connectivity index (χ0v) is 13.1. The zero-order valence-electron chi connectivity index (χ0n) is 13.1. The topological polar surface area (TPSA) is 34.1 Å². The van der Waals surface area contributed by atoms with Gasteiger partial charge in [0, 0.05) is 22.3 Å². The maximum atomic E-state index is 12.7. The molecule has 0 N–H and O–H groups in total. The number of ketones is 2. The van der Waals surface area contributed by atoms with Gasteiger partial charge in [0.15, 0.2) is 11.6 Å². The van der Waals surface area contributed by atoms with Gasteiger partial charge < -0.3 is 0 Å². The molecule has 0 aliphatic heterocycles. The van der Waals surface area contributed by atoms with Crippen molar-refractivity contribution in [3.63, 3.8) is 0 Å². The predicted molar refractivity (Wildman–Crippen MR) is 87.7 cm³/mol. The van der Waals surface area contributed by atoms with Crippen LogP contribution in [0.5, 0.6) is 0 Å². The molecule has 1 aliphatic carbocycles. The van der Waals surface area contributed by atoms with Crippen LogP contribution in [0.3, 0.4) is 0 Å². The van der Waals surface area contributed by atoms with E-state index in [0.29, 0.717) is 22.3 Å². The van der Waals surface area contributed by atoms with Gasteiger partial charge in [0.05, 0.1) is 0 Å². The summed E-state index contributed by atoms with van der Waals surface area (Å²) >= 11 is 0. The highest BCUT2D eigenvalue weighted by Gasteiger charge is 2.29. The van der Waals surface area contributed by atoms with Gasteiger partial charge in [-0.25, -0.2) is 0 Å². The molecule has 22 heavy (non-hydrogen) atoms. The fraction of sp³-hybridized carbons (Fsp3) is 0.300. The van der Waals surface area contributed by atoms with Crippen molar-refractivity contribution >= 4 is 11.6 Å². The second-order valence-electron chi connectivity index (χ2n) is 6.04. The van der Waals surface area contributed by atoms with Crippen molar-refractivity contribution in [2.45, 2.75) is 39.5 Å². The molecule has 2 aromatic carbocycles. The number of unbranched alkanes of at least 4 members (excludes halogenated alkanes) is 2. The minimum absolute atomic E-state index is 0.0226. The second-order valence-corrected chi connectivity index (χ2v) is 6.04. The summed E-state index contributed by atoms with van der Waals surface area (Å²) in [6.45, 7) is 4.11. The molecule has 0 unspecified atom stereocenters. The second kappa shape index (κ2) is 5.88. The number of benzene rings is 2. The van der Waals surface area contributed by atoms with Crippen molar-refractivity contribution in [2.24, 2.45) is 0 Å². The van der Waals surface area contributed by atoms with Gasteiger partial charge in [0.2, 0.25) is 0 Å². The van der Waals surface area contributed by atoms with Crippen LogP contribution in [0.15, 0.2) is 36.4 Å². The lowest BCUT2D eigenvalue weighted by molar-refractivity contribution is 0.0979. The van der Waals surface area contributed by atoms with Crippen molar-refractivity contribution < 1.29 is 9.59 Å². The lowest BCUT2D eigenvalue weighted by Crippen LogP contribution is -2.21. The molecule has 2 nitrogen and oxygen atoms in total. The summed E-state index contributed by atoms with van der Waals surface area (Å²) in [7, 11) is 0. The van der Waals surface area contributed by atoms with Crippen LogP contribution in [-0.4, -0.2) is 11.6 Å². The Kier molecular flexibility index (Phi) is 3.93. The number of carbonyl (C=O) groups excluding carboxylic acids is 2. The largest absolute Gasteiger partial charge is 0.289 e. The molecule has 0 heterocycles.